The summed E-state index contributed by atoms with van der Waals surface area (Å²) in [5.41, 5.74) is -0.610. The summed E-state index contributed by atoms with van der Waals surface area (Å²) in [5, 5.41) is 0. The summed E-state index contributed by atoms with van der Waals surface area (Å²) in [6.45, 7) is 8.09. The van der Waals surface area contributed by atoms with E-state index in [9.17, 15) is 19.2 Å². The van der Waals surface area contributed by atoms with Crippen molar-refractivity contribution in [3.63, 3.8) is 0 Å². The van der Waals surface area contributed by atoms with Crippen LogP contribution in [-0.4, -0.2) is 78.2 Å². The van der Waals surface area contributed by atoms with Crippen LogP contribution in [0.25, 0.3) is 0 Å². The van der Waals surface area contributed by atoms with E-state index in [1.165, 1.54) is 9.80 Å². The SMILES string of the molecule is CCOC(=O)C1CCCCN1C(=O)COC(=O)C1CCCN(C(=O)OC(C)(C)C)C1. The van der Waals surface area contributed by atoms with Crippen LogP contribution in [0, 0.1) is 5.92 Å². The van der Waals surface area contributed by atoms with Crippen LogP contribution in [0.4, 0.5) is 4.79 Å². The fourth-order valence-electron chi connectivity index (χ4n) is 3.71. The maximum atomic E-state index is 12.6. The molecule has 2 atom stereocenters. The van der Waals surface area contributed by atoms with E-state index in [0.717, 1.165) is 12.8 Å². The molecular formula is C21H34N2O7. The van der Waals surface area contributed by atoms with E-state index in [4.69, 9.17) is 14.2 Å². The van der Waals surface area contributed by atoms with Gasteiger partial charge in [-0.3, -0.25) is 9.59 Å². The standard InChI is InChI=1S/C21H34N2O7/c1-5-28-19(26)16-10-6-7-12-23(16)17(24)14-29-18(25)15-9-8-11-22(13-15)20(27)30-21(2,3)4/h15-16H,5-14H2,1-4H3. The van der Waals surface area contributed by atoms with Crippen LogP contribution >= 0.6 is 0 Å². The summed E-state index contributed by atoms with van der Waals surface area (Å²) in [6.07, 6.45) is 2.97. The van der Waals surface area contributed by atoms with Crippen molar-refractivity contribution in [3.8, 4) is 0 Å². The molecule has 0 radical (unpaired) electrons. The maximum absolute atomic E-state index is 12.6. The first-order valence-corrected chi connectivity index (χ1v) is 10.7. The van der Waals surface area contributed by atoms with Gasteiger partial charge in [0.25, 0.3) is 5.91 Å². The van der Waals surface area contributed by atoms with Crippen LogP contribution in [-0.2, 0) is 28.6 Å². The highest BCUT2D eigenvalue weighted by molar-refractivity contribution is 5.87. The summed E-state index contributed by atoms with van der Waals surface area (Å²) in [4.78, 5) is 52.4. The van der Waals surface area contributed by atoms with Gasteiger partial charge in [-0.05, 0) is 59.8 Å². The molecule has 0 aromatic heterocycles. The lowest BCUT2D eigenvalue weighted by Gasteiger charge is -2.34. The summed E-state index contributed by atoms with van der Waals surface area (Å²) in [5.74, 6) is -1.83. The van der Waals surface area contributed by atoms with E-state index in [1.54, 1.807) is 27.7 Å². The molecule has 9 heteroatoms. The van der Waals surface area contributed by atoms with Crippen LogP contribution in [0.2, 0.25) is 0 Å². The van der Waals surface area contributed by atoms with E-state index >= 15 is 0 Å². The Hall–Kier alpha value is -2.32. The Balaban J connectivity index is 1.87. The van der Waals surface area contributed by atoms with Gasteiger partial charge in [0.05, 0.1) is 12.5 Å². The van der Waals surface area contributed by atoms with Crippen molar-refractivity contribution in [2.75, 3.05) is 32.8 Å². The zero-order valence-electron chi connectivity index (χ0n) is 18.5. The van der Waals surface area contributed by atoms with Gasteiger partial charge in [0, 0.05) is 19.6 Å². The van der Waals surface area contributed by atoms with Crippen LogP contribution in [0.15, 0.2) is 0 Å². The predicted molar refractivity (Wildman–Crippen MR) is 107 cm³/mol. The zero-order valence-corrected chi connectivity index (χ0v) is 18.5. The van der Waals surface area contributed by atoms with Crippen LogP contribution in [0.3, 0.4) is 0 Å². The molecule has 170 valence electrons. The van der Waals surface area contributed by atoms with Crippen molar-refractivity contribution < 1.29 is 33.4 Å². The topological polar surface area (TPSA) is 102 Å². The van der Waals surface area contributed by atoms with E-state index in [0.29, 0.717) is 32.4 Å². The third-order valence-electron chi connectivity index (χ3n) is 5.13. The molecule has 0 bridgehead atoms. The minimum absolute atomic E-state index is 0.205. The van der Waals surface area contributed by atoms with Gasteiger partial charge in [-0.2, -0.15) is 0 Å². The normalized spacial score (nSPS) is 22.3. The summed E-state index contributed by atoms with van der Waals surface area (Å²) < 4.78 is 15.7. The molecule has 0 aliphatic carbocycles. The number of carbonyl (C=O) groups excluding carboxylic acids is 4. The van der Waals surface area contributed by atoms with Gasteiger partial charge in [0.15, 0.2) is 6.61 Å². The number of nitrogens with zero attached hydrogens (tertiary/aromatic N) is 2. The molecule has 30 heavy (non-hydrogen) atoms. The third kappa shape index (κ3) is 6.88. The predicted octanol–water partition coefficient (Wildman–Crippen LogP) is 2.12. The van der Waals surface area contributed by atoms with Crippen molar-refractivity contribution in [3.05, 3.63) is 0 Å². The molecule has 2 heterocycles. The van der Waals surface area contributed by atoms with Crippen LogP contribution in [0.1, 0.15) is 59.8 Å². The molecule has 2 saturated heterocycles. The molecular weight excluding hydrogens is 392 g/mol. The first kappa shape index (κ1) is 24.0. The summed E-state index contributed by atoms with van der Waals surface area (Å²) >= 11 is 0. The highest BCUT2D eigenvalue weighted by Crippen LogP contribution is 2.22. The lowest BCUT2D eigenvalue weighted by molar-refractivity contribution is -0.162. The Bertz CT molecular complexity index is 644. The lowest BCUT2D eigenvalue weighted by atomic mass is 9.98. The first-order valence-electron chi connectivity index (χ1n) is 10.7. The molecule has 2 aliphatic heterocycles. The average Bonchev–Trinajstić information content (AvgIpc) is 2.70. The minimum Gasteiger partial charge on any atom is -0.464 e. The van der Waals surface area contributed by atoms with Crippen molar-refractivity contribution in [1.82, 2.24) is 9.80 Å². The Labute approximate surface area is 178 Å². The lowest BCUT2D eigenvalue weighted by Crippen LogP contribution is -2.50. The largest absolute Gasteiger partial charge is 0.464 e. The third-order valence-corrected chi connectivity index (χ3v) is 5.13. The Kier molecular flexibility index (Phi) is 8.49. The quantitative estimate of drug-likeness (QED) is 0.490. The summed E-state index contributed by atoms with van der Waals surface area (Å²) in [6, 6.07) is -0.623. The second-order valence-corrected chi connectivity index (χ2v) is 8.72. The van der Waals surface area contributed by atoms with Gasteiger partial charge in [-0.25, -0.2) is 9.59 Å². The number of carbonyl (C=O) groups is 4. The van der Waals surface area contributed by atoms with Crippen molar-refractivity contribution in [2.24, 2.45) is 5.92 Å². The zero-order chi connectivity index (χ0) is 22.3. The molecule has 2 unspecified atom stereocenters. The molecule has 0 saturated carbocycles. The van der Waals surface area contributed by atoms with Gasteiger partial charge >= 0.3 is 18.0 Å². The average molecular weight is 427 g/mol. The molecule has 0 N–H and O–H groups in total. The molecule has 2 amide bonds. The van der Waals surface area contributed by atoms with Crippen molar-refractivity contribution >= 4 is 23.9 Å². The number of hydrogen-bond acceptors (Lipinski definition) is 7. The van der Waals surface area contributed by atoms with Crippen LogP contribution in [0.5, 0.6) is 0 Å². The van der Waals surface area contributed by atoms with Gasteiger partial charge in [0.2, 0.25) is 0 Å². The van der Waals surface area contributed by atoms with E-state index < -0.39 is 48.1 Å². The molecule has 9 nitrogen and oxygen atoms in total. The molecule has 0 aromatic carbocycles. The number of esters is 2. The molecule has 0 spiro atoms. The fraction of sp³-hybridized carbons (Fsp3) is 0.810. The van der Waals surface area contributed by atoms with Crippen molar-refractivity contribution in [1.29, 1.82) is 0 Å². The Morgan fingerprint density at radius 1 is 0.933 bits per heavy atom. The number of likely N-dealkylation sites (tertiary alicyclic amines) is 2. The molecule has 2 rings (SSSR count). The molecule has 2 fully saturated rings. The van der Waals surface area contributed by atoms with Crippen molar-refractivity contribution in [2.45, 2.75) is 71.4 Å². The highest BCUT2D eigenvalue weighted by atomic mass is 16.6. The number of hydrogen-bond donors (Lipinski definition) is 0. The Morgan fingerprint density at radius 2 is 1.67 bits per heavy atom. The highest BCUT2D eigenvalue weighted by Gasteiger charge is 2.35. The second-order valence-electron chi connectivity index (χ2n) is 8.72. The van der Waals surface area contributed by atoms with E-state index in [2.05, 4.69) is 0 Å². The number of rotatable bonds is 5. The molecule has 0 aromatic rings. The Morgan fingerprint density at radius 3 is 2.33 bits per heavy atom. The van der Waals surface area contributed by atoms with Gasteiger partial charge in [-0.15, -0.1) is 0 Å². The number of piperidine rings is 2. The van der Waals surface area contributed by atoms with E-state index in [1.807, 2.05) is 0 Å². The van der Waals surface area contributed by atoms with Gasteiger partial charge < -0.3 is 24.0 Å². The molecule has 2 aliphatic rings. The first-order chi connectivity index (χ1) is 14.1. The van der Waals surface area contributed by atoms with E-state index in [-0.39, 0.29) is 13.2 Å². The van der Waals surface area contributed by atoms with Gasteiger partial charge in [0.1, 0.15) is 11.6 Å². The monoisotopic (exact) mass is 426 g/mol. The minimum atomic E-state index is -0.623. The second kappa shape index (κ2) is 10.6. The fourth-order valence-corrected chi connectivity index (χ4v) is 3.71. The summed E-state index contributed by atoms with van der Waals surface area (Å²) in [7, 11) is 0. The number of ether oxygens (including phenoxy) is 3. The van der Waals surface area contributed by atoms with Gasteiger partial charge in [-0.1, -0.05) is 0 Å². The van der Waals surface area contributed by atoms with Crippen LogP contribution < -0.4 is 0 Å². The number of amides is 2. The smallest absolute Gasteiger partial charge is 0.410 e. The maximum Gasteiger partial charge on any atom is 0.410 e.